The zero-order chi connectivity index (χ0) is 21.7. The van der Waals surface area contributed by atoms with Crippen LogP contribution in [0.2, 0.25) is 0 Å². The number of thioether (sulfide) groups is 1. The van der Waals surface area contributed by atoms with Crippen molar-refractivity contribution in [3.8, 4) is 11.5 Å². The van der Waals surface area contributed by atoms with Gasteiger partial charge in [0.1, 0.15) is 15.8 Å². The van der Waals surface area contributed by atoms with Crippen molar-refractivity contribution in [2.45, 2.75) is 19.4 Å². The van der Waals surface area contributed by atoms with Crippen molar-refractivity contribution in [2.24, 2.45) is 0 Å². The van der Waals surface area contributed by atoms with Gasteiger partial charge < -0.3 is 14.6 Å². The van der Waals surface area contributed by atoms with E-state index in [1.807, 2.05) is 24.3 Å². The minimum absolute atomic E-state index is 0.113. The van der Waals surface area contributed by atoms with Crippen LogP contribution in [-0.4, -0.2) is 46.0 Å². The van der Waals surface area contributed by atoms with Gasteiger partial charge in [0.05, 0.1) is 12.0 Å². The number of aliphatic carboxylic acids is 1. The molecule has 156 valence electrons. The number of carbonyl (C=O) groups excluding carboxylic acids is 1. The highest BCUT2D eigenvalue weighted by atomic mass is 32.2. The smallest absolute Gasteiger partial charge is 0.344 e. The fourth-order valence-electron chi connectivity index (χ4n) is 2.77. The minimum Gasteiger partial charge on any atom is -0.497 e. The zero-order valence-corrected chi connectivity index (χ0v) is 18.2. The van der Waals surface area contributed by atoms with Gasteiger partial charge in [0, 0.05) is 6.54 Å². The molecular formula is C22H21NO5S2. The van der Waals surface area contributed by atoms with Crippen molar-refractivity contribution in [1.29, 1.82) is 0 Å². The molecule has 0 radical (unpaired) electrons. The molecule has 3 rings (SSSR count). The van der Waals surface area contributed by atoms with Gasteiger partial charge in [-0.3, -0.25) is 9.69 Å². The van der Waals surface area contributed by atoms with Crippen molar-refractivity contribution in [3.63, 3.8) is 0 Å². The maximum atomic E-state index is 12.8. The van der Waals surface area contributed by atoms with E-state index in [4.69, 9.17) is 26.8 Å². The monoisotopic (exact) mass is 443 g/mol. The Bertz CT molecular complexity index is 970. The van der Waals surface area contributed by atoms with Gasteiger partial charge in [-0.15, -0.1) is 0 Å². The molecule has 0 aromatic heterocycles. The number of hydrogen-bond donors (Lipinski definition) is 1. The van der Waals surface area contributed by atoms with Crippen LogP contribution in [0.4, 0.5) is 0 Å². The van der Waals surface area contributed by atoms with Crippen molar-refractivity contribution in [1.82, 2.24) is 4.90 Å². The molecule has 1 saturated heterocycles. The van der Waals surface area contributed by atoms with E-state index in [1.54, 1.807) is 42.4 Å². The first-order chi connectivity index (χ1) is 14.4. The number of rotatable bonds is 8. The van der Waals surface area contributed by atoms with E-state index in [2.05, 4.69) is 0 Å². The Hall–Kier alpha value is -2.84. The van der Waals surface area contributed by atoms with E-state index in [9.17, 15) is 9.59 Å². The van der Waals surface area contributed by atoms with Gasteiger partial charge in [-0.2, -0.15) is 0 Å². The molecule has 1 fully saturated rings. The molecular weight excluding hydrogens is 422 g/mol. The summed E-state index contributed by atoms with van der Waals surface area (Å²) in [6.07, 6.45) is 1.53. The van der Waals surface area contributed by atoms with Crippen LogP contribution < -0.4 is 9.47 Å². The van der Waals surface area contributed by atoms with E-state index in [0.717, 1.165) is 16.9 Å². The molecule has 6 nitrogen and oxygen atoms in total. The lowest BCUT2D eigenvalue weighted by atomic mass is 10.1. The summed E-state index contributed by atoms with van der Waals surface area (Å²) in [5, 5.41) is 8.91. The Balaban J connectivity index is 1.63. The van der Waals surface area contributed by atoms with Crippen LogP contribution in [0.5, 0.6) is 11.5 Å². The van der Waals surface area contributed by atoms with E-state index >= 15 is 0 Å². The molecule has 0 spiro atoms. The van der Waals surface area contributed by atoms with Gasteiger partial charge in [-0.1, -0.05) is 48.2 Å². The van der Waals surface area contributed by atoms with Crippen LogP contribution in [0.15, 0.2) is 53.4 Å². The van der Waals surface area contributed by atoms with E-state index < -0.39 is 12.1 Å². The standard InChI is InChI=1S/C22H21NO5S2/c1-14(21(25)26)28-18-9-5-16(6-10-18)13-19-20(24)23(22(29)30-19)12-11-15-3-7-17(27-2)8-4-15/h3-10,13-14H,11-12H2,1-2H3,(H,25,26)/b19-13+. The molecule has 0 aliphatic carbocycles. The van der Waals surface area contributed by atoms with Gasteiger partial charge in [-0.05, 0) is 54.8 Å². The normalized spacial score (nSPS) is 16.1. The van der Waals surface area contributed by atoms with Gasteiger partial charge in [0.25, 0.3) is 5.91 Å². The first-order valence-electron chi connectivity index (χ1n) is 9.25. The summed E-state index contributed by atoms with van der Waals surface area (Å²) >= 11 is 6.67. The van der Waals surface area contributed by atoms with E-state index in [0.29, 0.717) is 27.9 Å². The third-order valence-corrected chi connectivity index (χ3v) is 5.87. The molecule has 2 aromatic carbocycles. The summed E-state index contributed by atoms with van der Waals surface area (Å²) < 4.78 is 11.0. The average molecular weight is 444 g/mol. The summed E-state index contributed by atoms with van der Waals surface area (Å²) in [7, 11) is 1.62. The molecule has 1 aliphatic rings. The number of benzene rings is 2. The number of carboxylic acids is 1. The Morgan fingerprint density at radius 1 is 1.17 bits per heavy atom. The Morgan fingerprint density at radius 2 is 1.80 bits per heavy atom. The molecule has 0 bridgehead atoms. The Morgan fingerprint density at radius 3 is 2.40 bits per heavy atom. The van der Waals surface area contributed by atoms with Crippen LogP contribution in [0.25, 0.3) is 6.08 Å². The van der Waals surface area contributed by atoms with Crippen molar-refractivity contribution in [3.05, 3.63) is 64.6 Å². The van der Waals surface area contributed by atoms with Crippen LogP contribution in [-0.2, 0) is 16.0 Å². The summed E-state index contributed by atoms with van der Waals surface area (Å²) in [5.41, 5.74) is 1.90. The van der Waals surface area contributed by atoms with Crippen molar-refractivity contribution < 1.29 is 24.2 Å². The lowest BCUT2D eigenvalue weighted by Gasteiger charge is -2.14. The number of ether oxygens (including phenoxy) is 2. The van der Waals surface area contributed by atoms with Gasteiger partial charge in [0.2, 0.25) is 0 Å². The predicted molar refractivity (Wildman–Crippen MR) is 121 cm³/mol. The molecule has 1 amide bonds. The second kappa shape index (κ2) is 9.77. The third kappa shape index (κ3) is 5.40. The molecule has 8 heteroatoms. The topological polar surface area (TPSA) is 76.1 Å². The number of carbonyl (C=O) groups is 2. The van der Waals surface area contributed by atoms with Crippen LogP contribution in [0.1, 0.15) is 18.1 Å². The number of methoxy groups -OCH3 is 1. The Labute approximate surface area is 184 Å². The zero-order valence-electron chi connectivity index (χ0n) is 16.5. The first kappa shape index (κ1) is 21.9. The minimum atomic E-state index is -1.03. The largest absolute Gasteiger partial charge is 0.497 e. The molecule has 1 aliphatic heterocycles. The number of hydrogen-bond acceptors (Lipinski definition) is 6. The second-order valence-electron chi connectivity index (χ2n) is 6.60. The average Bonchev–Trinajstić information content (AvgIpc) is 3.00. The second-order valence-corrected chi connectivity index (χ2v) is 8.27. The number of thiocarbonyl (C=S) groups is 1. The SMILES string of the molecule is COc1ccc(CCN2C(=O)/C(=C\c3ccc(OC(C)C(=O)O)cc3)SC2=S)cc1. The van der Waals surface area contributed by atoms with Crippen LogP contribution >= 0.6 is 24.0 Å². The quantitative estimate of drug-likeness (QED) is 0.488. The maximum absolute atomic E-state index is 12.8. The molecule has 1 N–H and O–H groups in total. The lowest BCUT2D eigenvalue weighted by molar-refractivity contribution is -0.144. The third-order valence-electron chi connectivity index (χ3n) is 4.50. The Kier molecular flexibility index (Phi) is 7.12. The maximum Gasteiger partial charge on any atom is 0.344 e. The molecule has 1 atom stereocenters. The fourth-order valence-corrected chi connectivity index (χ4v) is 4.08. The summed E-state index contributed by atoms with van der Waals surface area (Å²) in [6, 6.07) is 14.6. The number of nitrogens with zero attached hydrogens (tertiary/aromatic N) is 1. The molecule has 30 heavy (non-hydrogen) atoms. The van der Waals surface area contributed by atoms with Gasteiger partial charge >= 0.3 is 5.97 Å². The van der Waals surface area contributed by atoms with Crippen LogP contribution in [0.3, 0.4) is 0 Å². The summed E-state index contributed by atoms with van der Waals surface area (Å²) in [5.74, 6) is 0.103. The fraction of sp³-hybridized carbons (Fsp3) is 0.227. The molecule has 1 unspecified atom stereocenters. The lowest BCUT2D eigenvalue weighted by Crippen LogP contribution is -2.30. The highest BCUT2D eigenvalue weighted by Gasteiger charge is 2.31. The molecule has 0 saturated carbocycles. The predicted octanol–water partition coefficient (Wildman–Crippen LogP) is 3.99. The van der Waals surface area contributed by atoms with E-state index in [-0.39, 0.29) is 5.91 Å². The van der Waals surface area contributed by atoms with Crippen molar-refractivity contribution >= 4 is 46.3 Å². The van der Waals surface area contributed by atoms with Gasteiger partial charge in [-0.25, -0.2) is 4.79 Å². The highest BCUT2D eigenvalue weighted by Crippen LogP contribution is 2.33. The van der Waals surface area contributed by atoms with Crippen LogP contribution in [0, 0.1) is 0 Å². The number of amides is 1. The summed E-state index contributed by atoms with van der Waals surface area (Å²) in [6.45, 7) is 1.97. The summed E-state index contributed by atoms with van der Waals surface area (Å²) in [4.78, 5) is 25.8. The van der Waals surface area contributed by atoms with E-state index in [1.165, 1.54) is 18.7 Å². The van der Waals surface area contributed by atoms with Gasteiger partial charge in [0.15, 0.2) is 6.10 Å². The first-order valence-corrected chi connectivity index (χ1v) is 10.5. The molecule has 1 heterocycles. The number of carboxylic acid groups (broad SMARTS) is 1. The highest BCUT2D eigenvalue weighted by molar-refractivity contribution is 8.26. The molecule has 2 aromatic rings. The van der Waals surface area contributed by atoms with Crippen molar-refractivity contribution in [2.75, 3.05) is 13.7 Å².